The highest BCUT2D eigenvalue weighted by Crippen LogP contribution is 2.22. The lowest BCUT2D eigenvalue weighted by atomic mass is 10.2. The van der Waals surface area contributed by atoms with Crippen LogP contribution < -0.4 is 10.9 Å². The number of anilines is 1. The molecular formula is C23H17ClN2O3S. The number of carbonyl (C=O) groups excluding carboxylic acids is 1. The van der Waals surface area contributed by atoms with Gasteiger partial charge in [0.25, 0.3) is 0 Å². The van der Waals surface area contributed by atoms with E-state index in [1.165, 1.54) is 11.8 Å². The topological polar surface area (TPSA) is 72.2 Å². The van der Waals surface area contributed by atoms with Gasteiger partial charge in [-0.2, -0.15) is 0 Å². The largest absolute Gasteiger partial charge is 0.403 e. The van der Waals surface area contributed by atoms with Crippen molar-refractivity contribution in [2.45, 2.75) is 5.75 Å². The number of hydrogen-bond acceptors (Lipinski definition) is 5. The molecule has 0 aliphatic carbocycles. The van der Waals surface area contributed by atoms with E-state index in [9.17, 15) is 9.59 Å². The average molecular weight is 437 g/mol. The Kier molecular flexibility index (Phi) is 6.16. The van der Waals surface area contributed by atoms with Crippen LogP contribution in [0.15, 0.2) is 82.0 Å². The highest BCUT2D eigenvalue weighted by Gasteiger charge is 2.09. The zero-order valence-corrected chi connectivity index (χ0v) is 17.4. The van der Waals surface area contributed by atoms with Gasteiger partial charge in [-0.05, 0) is 48.0 Å². The van der Waals surface area contributed by atoms with E-state index in [4.69, 9.17) is 16.0 Å². The van der Waals surface area contributed by atoms with Crippen molar-refractivity contribution in [3.63, 3.8) is 0 Å². The lowest BCUT2D eigenvalue weighted by molar-refractivity contribution is -0.113. The molecule has 0 aliphatic heterocycles. The average Bonchev–Trinajstić information content (AvgIpc) is 2.75. The fraction of sp³-hybridized carbons (Fsp3) is 0.0870. The third kappa shape index (κ3) is 4.72. The monoisotopic (exact) mass is 436 g/mol. The summed E-state index contributed by atoms with van der Waals surface area (Å²) in [5, 5.41) is 4.00. The zero-order valence-electron chi connectivity index (χ0n) is 15.8. The number of thioether (sulfide) groups is 1. The summed E-state index contributed by atoms with van der Waals surface area (Å²) in [7, 11) is 0. The Morgan fingerprint density at radius 1 is 1.00 bits per heavy atom. The standard InChI is InChI=1S/C23H17ClN2O3S/c24-19-7-3-1-5-16(19)13-30-14-21(27)25-17-11-9-15(10-12-17)22-26-20-8-4-2-6-18(20)23(28)29-22/h1-12H,13-14H2,(H,25,27). The van der Waals surface area contributed by atoms with E-state index in [0.717, 1.165) is 5.56 Å². The number of aromatic nitrogens is 1. The summed E-state index contributed by atoms with van der Waals surface area (Å²) in [6, 6.07) is 21.7. The van der Waals surface area contributed by atoms with Crippen molar-refractivity contribution in [3.8, 4) is 11.5 Å². The molecule has 0 saturated carbocycles. The summed E-state index contributed by atoms with van der Waals surface area (Å²) >= 11 is 7.62. The van der Waals surface area contributed by atoms with Gasteiger partial charge in [0.2, 0.25) is 11.8 Å². The molecule has 3 aromatic carbocycles. The number of rotatable bonds is 6. The van der Waals surface area contributed by atoms with E-state index >= 15 is 0 Å². The van der Waals surface area contributed by atoms with Gasteiger partial charge in [0.15, 0.2) is 0 Å². The van der Waals surface area contributed by atoms with E-state index in [1.807, 2.05) is 30.3 Å². The van der Waals surface area contributed by atoms with Crippen LogP contribution >= 0.6 is 23.4 Å². The second kappa shape index (κ2) is 9.15. The second-order valence-corrected chi connectivity index (χ2v) is 7.93. The Labute approximate surface area is 182 Å². The van der Waals surface area contributed by atoms with Crippen LogP contribution in [0.25, 0.3) is 22.4 Å². The molecule has 1 amide bonds. The van der Waals surface area contributed by atoms with Crippen LogP contribution in [0.5, 0.6) is 0 Å². The minimum Gasteiger partial charge on any atom is -0.403 e. The van der Waals surface area contributed by atoms with Crippen molar-refractivity contribution in [1.82, 2.24) is 4.98 Å². The fourth-order valence-corrected chi connectivity index (χ4v) is 4.02. The van der Waals surface area contributed by atoms with Gasteiger partial charge in [-0.3, -0.25) is 4.79 Å². The Hall–Kier alpha value is -3.09. The molecule has 5 nitrogen and oxygen atoms in total. The van der Waals surface area contributed by atoms with Crippen LogP contribution in [-0.2, 0) is 10.5 Å². The predicted molar refractivity (Wildman–Crippen MR) is 122 cm³/mol. The smallest absolute Gasteiger partial charge is 0.347 e. The van der Waals surface area contributed by atoms with Gasteiger partial charge in [-0.1, -0.05) is 41.9 Å². The SMILES string of the molecule is O=C(CSCc1ccccc1Cl)Nc1ccc(-c2nc3ccccc3c(=O)o2)cc1. The van der Waals surface area contributed by atoms with Crippen molar-refractivity contribution < 1.29 is 9.21 Å². The van der Waals surface area contributed by atoms with Gasteiger partial charge in [0, 0.05) is 22.0 Å². The van der Waals surface area contributed by atoms with E-state index in [2.05, 4.69) is 10.3 Å². The molecule has 0 radical (unpaired) electrons. The Bertz CT molecular complexity index is 1260. The minimum atomic E-state index is -0.427. The molecule has 0 fully saturated rings. The molecular weight excluding hydrogens is 420 g/mol. The minimum absolute atomic E-state index is 0.102. The fourth-order valence-electron chi connectivity index (χ4n) is 2.90. The normalized spacial score (nSPS) is 10.8. The maximum Gasteiger partial charge on any atom is 0.347 e. The summed E-state index contributed by atoms with van der Waals surface area (Å²) in [6.07, 6.45) is 0. The van der Waals surface area contributed by atoms with Crippen molar-refractivity contribution in [2.24, 2.45) is 0 Å². The van der Waals surface area contributed by atoms with E-state index < -0.39 is 5.63 Å². The first-order valence-electron chi connectivity index (χ1n) is 9.21. The number of hydrogen-bond donors (Lipinski definition) is 1. The van der Waals surface area contributed by atoms with Crippen LogP contribution in [0.1, 0.15) is 5.56 Å². The van der Waals surface area contributed by atoms with Crippen LogP contribution in [0, 0.1) is 0 Å². The van der Waals surface area contributed by atoms with Gasteiger partial charge in [-0.15, -0.1) is 11.8 Å². The number of carbonyl (C=O) groups is 1. The maximum absolute atomic E-state index is 12.2. The van der Waals surface area contributed by atoms with E-state index in [1.54, 1.807) is 42.5 Å². The molecule has 0 aliphatic rings. The molecule has 4 rings (SSSR count). The van der Waals surface area contributed by atoms with E-state index in [-0.39, 0.29) is 11.8 Å². The lowest BCUT2D eigenvalue weighted by Crippen LogP contribution is -2.14. The highest BCUT2D eigenvalue weighted by atomic mass is 35.5. The van der Waals surface area contributed by atoms with Crippen molar-refractivity contribution >= 4 is 45.9 Å². The molecule has 1 N–H and O–H groups in total. The van der Waals surface area contributed by atoms with Crippen molar-refractivity contribution in [3.05, 3.63) is 93.8 Å². The van der Waals surface area contributed by atoms with Crippen molar-refractivity contribution in [1.29, 1.82) is 0 Å². The summed E-state index contributed by atoms with van der Waals surface area (Å²) in [5.41, 5.74) is 2.47. The first-order valence-corrected chi connectivity index (χ1v) is 10.7. The van der Waals surface area contributed by atoms with Crippen molar-refractivity contribution in [2.75, 3.05) is 11.1 Å². The Morgan fingerprint density at radius 2 is 1.73 bits per heavy atom. The first kappa shape index (κ1) is 20.2. The van der Waals surface area contributed by atoms with Gasteiger partial charge in [0.1, 0.15) is 0 Å². The molecule has 0 unspecified atom stereocenters. The summed E-state index contributed by atoms with van der Waals surface area (Å²) < 4.78 is 5.33. The molecule has 0 bridgehead atoms. The number of halogens is 1. The first-order chi connectivity index (χ1) is 14.6. The van der Waals surface area contributed by atoms with Crippen LogP contribution in [0.2, 0.25) is 5.02 Å². The third-order valence-electron chi connectivity index (χ3n) is 4.40. The number of benzene rings is 3. The summed E-state index contributed by atoms with van der Waals surface area (Å²) in [6.45, 7) is 0. The van der Waals surface area contributed by atoms with Gasteiger partial charge in [-0.25, -0.2) is 9.78 Å². The summed E-state index contributed by atoms with van der Waals surface area (Å²) in [4.78, 5) is 28.7. The van der Waals surface area contributed by atoms with Crippen LogP contribution in [-0.4, -0.2) is 16.6 Å². The zero-order chi connectivity index (χ0) is 20.9. The summed E-state index contributed by atoms with van der Waals surface area (Å²) in [5.74, 6) is 1.12. The van der Waals surface area contributed by atoms with Crippen LogP contribution in [0.4, 0.5) is 5.69 Å². The molecule has 30 heavy (non-hydrogen) atoms. The molecule has 4 aromatic rings. The Balaban J connectivity index is 1.38. The quantitative estimate of drug-likeness (QED) is 0.439. The van der Waals surface area contributed by atoms with Gasteiger partial charge in [0.05, 0.1) is 16.7 Å². The third-order valence-corrected chi connectivity index (χ3v) is 5.75. The number of amides is 1. The van der Waals surface area contributed by atoms with Gasteiger partial charge < -0.3 is 9.73 Å². The number of nitrogens with zero attached hydrogens (tertiary/aromatic N) is 1. The molecule has 7 heteroatoms. The predicted octanol–water partition coefficient (Wildman–Crippen LogP) is 5.38. The lowest BCUT2D eigenvalue weighted by Gasteiger charge is -2.07. The van der Waals surface area contributed by atoms with Gasteiger partial charge >= 0.3 is 5.63 Å². The maximum atomic E-state index is 12.2. The highest BCUT2D eigenvalue weighted by molar-refractivity contribution is 7.99. The molecule has 1 aromatic heterocycles. The molecule has 0 saturated heterocycles. The molecule has 0 atom stereocenters. The second-order valence-electron chi connectivity index (χ2n) is 6.53. The van der Waals surface area contributed by atoms with Crippen LogP contribution in [0.3, 0.4) is 0 Å². The number of nitrogens with one attached hydrogen (secondary N) is 1. The molecule has 150 valence electrons. The van der Waals surface area contributed by atoms with E-state index in [0.29, 0.717) is 38.7 Å². The molecule has 1 heterocycles. The number of fused-ring (bicyclic) bond motifs is 1. The Morgan fingerprint density at radius 3 is 2.53 bits per heavy atom. The molecule has 0 spiro atoms. The number of para-hydroxylation sites is 1.